The number of hydrogen-bond acceptors (Lipinski definition) is 4. The van der Waals surface area contributed by atoms with Gasteiger partial charge in [-0.05, 0) is 43.0 Å². The molecule has 0 atom stereocenters. The van der Waals surface area contributed by atoms with Crippen LogP contribution >= 0.6 is 0 Å². The van der Waals surface area contributed by atoms with Crippen LogP contribution in [0.3, 0.4) is 0 Å². The lowest BCUT2D eigenvalue weighted by Crippen LogP contribution is -2.16. The van der Waals surface area contributed by atoms with Crippen LogP contribution in [0.5, 0.6) is 17.2 Å². The minimum atomic E-state index is 0.0564. The highest BCUT2D eigenvalue weighted by Gasteiger charge is 2.20. The fraction of sp³-hybridized carbons (Fsp3) is 0.538. The number of aromatic hydroxyl groups is 1. The van der Waals surface area contributed by atoms with Crippen molar-refractivity contribution >= 4 is 0 Å². The Balaban J connectivity index is 2.03. The van der Waals surface area contributed by atoms with E-state index in [1.54, 1.807) is 0 Å². The number of rotatable bonds is 6. The highest BCUT2D eigenvalue weighted by molar-refractivity contribution is 5.52. The van der Waals surface area contributed by atoms with Gasteiger partial charge in [0.15, 0.2) is 11.5 Å². The van der Waals surface area contributed by atoms with E-state index in [0.29, 0.717) is 11.5 Å². The molecule has 0 unspecified atom stereocenters. The number of phenolic OH excluding ortho intramolecular Hbond substituents is 1. The number of ether oxygens (including phenoxy) is 2. The Bertz CT molecular complexity index is 363. The van der Waals surface area contributed by atoms with Crippen LogP contribution in [0.15, 0.2) is 12.1 Å². The predicted molar refractivity (Wildman–Crippen MR) is 65.6 cm³/mol. The summed E-state index contributed by atoms with van der Waals surface area (Å²) in [5.41, 5.74) is 1.05. The second-order valence-electron chi connectivity index (χ2n) is 4.42. The van der Waals surface area contributed by atoms with Gasteiger partial charge in [-0.25, -0.2) is 0 Å². The molecular formula is C13H19NO3. The van der Waals surface area contributed by atoms with E-state index in [0.717, 1.165) is 24.6 Å². The van der Waals surface area contributed by atoms with Crippen molar-refractivity contribution in [3.8, 4) is 17.2 Å². The molecule has 0 aliphatic heterocycles. The molecule has 1 aliphatic rings. The molecule has 0 spiro atoms. The van der Waals surface area contributed by atoms with Gasteiger partial charge in [-0.1, -0.05) is 0 Å². The Morgan fingerprint density at radius 1 is 1.24 bits per heavy atom. The van der Waals surface area contributed by atoms with Gasteiger partial charge in [0.05, 0.1) is 14.2 Å². The van der Waals surface area contributed by atoms with Crippen molar-refractivity contribution < 1.29 is 14.6 Å². The molecule has 0 aromatic heterocycles. The Hall–Kier alpha value is -1.42. The minimum absolute atomic E-state index is 0.0564. The zero-order valence-corrected chi connectivity index (χ0v) is 10.3. The third kappa shape index (κ3) is 3.03. The van der Waals surface area contributed by atoms with Crippen molar-refractivity contribution in [2.45, 2.75) is 19.4 Å². The summed E-state index contributed by atoms with van der Waals surface area (Å²) < 4.78 is 10.2. The number of nitrogens with one attached hydrogen (secondary N) is 1. The Labute approximate surface area is 102 Å². The smallest absolute Gasteiger partial charge is 0.200 e. The summed E-state index contributed by atoms with van der Waals surface area (Å²) in [6.07, 6.45) is 2.68. The van der Waals surface area contributed by atoms with E-state index in [9.17, 15) is 5.11 Å². The lowest BCUT2D eigenvalue weighted by Gasteiger charge is -2.11. The van der Waals surface area contributed by atoms with Gasteiger partial charge in [-0.2, -0.15) is 0 Å². The number of hydrogen-bond donors (Lipinski definition) is 2. The third-order valence-electron chi connectivity index (χ3n) is 3.00. The van der Waals surface area contributed by atoms with Crippen LogP contribution in [-0.2, 0) is 6.54 Å². The molecule has 0 radical (unpaired) electrons. The van der Waals surface area contributed by atoms with Crippen molar-refractivity contribution in [3.63, 3.8) is 0 Å². The first-order valence-electron chi connectivity index (χ1n) is 5.89. The molecular weight excluding hydrogens is 218 g/mol. The average Bonchev–Trinajstić information content (AvgIpc) is 3.15. The lowest BCUT2D eigenvalue weighted by atomic mass is 10.1. The molecule has 94 valence electrons. The van der Waals surface area contributed by atoms with Crippen molar-refractivity contribution in [2.75, 3.05) is 20.8 Å². The van der Waals surface area contributed by atoms with E-state index in [1.165, 1.54) is 27.1 Å². The molecule has 1 saturated carbocycles. The molecule has 1 fully saturated rings. The molecule has 0 saturated heterocycles. The fourth-order valence-corrected chi connectivity index (χ4v) is 1.79. The SMILES string of the molecule is COc1cc(CNCC2CC2)cc(OC)c1O. The highest BCUT2D eigenvalue weighted by atomic mass is 16.5. The van der Waals surface area contributed by atoms with Crippen molar-refractivity contribution in [1.82, 2.24) is 5.32 Å². The summed E-state index contributed by atoms with van der Waals surface area (Å²) in [4.78, 5) is 0. The summed E-state index contributed by atoms with van der Waals surface area (Å²) in [5.74, 6) is 1.82. The molecule has 0 amide bonds. The quantitative estimate of drug-likeness (QED) is 0.793. The van der Waals surface area contributed by atoms with Gasteiger partial charge in [-0.15, -0.1) is 0 Å². The fourth-order valence-electron chi connectivity index (χ4n) is 1.79. The second kappa shape index (κ2) is 5.27. The molecule has 1 aromatic rings. The van der Waals surface area contributed by atoms with Gasteiger partial charge >= 0.3 is 0 Å². The predicted octanol–water partition coefficient (Wildman–Crippen LogP) is 1.91. The molecule has 2 N–H and O–H groups in total. The van der Waals surface area contributed by atoms with Gasteiger partial charge in [0.25, 0.3) is 0 Å². The van der Waals surface area contributed by atoms with Crippen LogP contribution < -0.4 is 14.8 Å². The van der Waals surface area contributed by atoms with Crippen LogP contribution in [0.2, 0.25) is 0 Å². The van der Waals surface area contributed by atoms with E-state index in [4.69, 9.17) is 9.47 Å². The standard InChI is InChI=1S/C13H19NO3/c1-16-11-5-10(6-12(17-2)13(11)15)8-14-7-9-3-4-9/h5-6,9,14-15H,3-4,7-8H2,1-2H3. The van der Waals surface area contributed by atoms with Crippen molar-refractivity contribution in [3.05, 3.63) is 17.7 Å². The summed E-state index contributed by atoms with van der Waals surface area (Å²) in [6.45, 7) is 1.83. The Morgan fingerprint density at radius 2 is 1.82 bits per heavy atom. The molecule has 0 bridgehead atoms. The molecule has 4 nitrogen and oxygen atoms in total. The lowest BCUT2D eigenvalue weighted by molar-refractivity contribution is 0.339. The van der Waals surface area contributed by atoms with Gasteiger partial charge in [0, 0.05) is 6.54 Å². The summed E-state index contributed by atoms with van der Waals surface area (Å²) >= 11 is 0. The summed E-state index contributed by atoms with van der Waals surface area (Å²) in [7, 11) is 3.08. The van der Waals surface area contributed by atoms with E-state index >= 15 is 0 Å². The maximum Gasteiger partial charge on any atom is 0.200 e. The number of methoxy groups -OCH3 is 2. The second-order valence-corrected chi connectivity index (χ2v) is 4.42. The first kappa shape index (κ1) is 12.0. The van der Waals surface area contributed by atoms with Gasteiger partial charge in [-0.3, -0.25) is 0 Å². The van der Waals surface area contributed by atoms with Gasteiger partial charge in [0.2, 0.25) is 5.75 Å². The summed E-state index contributed by atoms with van der Waals surface area (Å²) in [5, 5.41) is 13.2. The topological polar surface area (TPSA) is 50.7 Å². The zero-order chi connectivity index (χ0) is 12.3. The van der Waals surface area contributed by atoms with Crippen LogP contribution in [0, 0.1) is 5.92 Å². The Morgan fingerprint density at radius 3 is 2.29 bits per heavy atom. The highest BCUT2D eigenvalue weighted by Crippen LogP contribution is 2.37. The van der Waals surface area contributed by atoms with Crippen LogP contribution in [0.1, 0.15) is 18.4 Å². The van der Waals surface area contributed by atoms with Crippen LogP contribution in [-0.4, -0.2) is 25.9 Å². The average molecular weight is 237 g/mol. The van der Waals surface area contributed by atoms with E-state index in [2.05, 4.69) is 5.32 Å². The number of phenols is 1. The normalized spacial score (nSPS) is 14.7. The number of benzene rings is 1. The molecule has 2 rings (SSSR count). The zero-order valence-electron chi connectivity index (χ0n) is 10.3. The molecule has 17 heavy (non-hydrogen) atoms. The maximum atomic E-state index is 9.77. The molecule has 4 heteroatoms. The minimum Gasteiger partial charge on any atom is -0.502 e. The molecule has 1 aliphatic carbocycles. The van der Waals surface area contributed by atoms with Crippen LogP contribution in [0.25, 0.3) is 0 Å². The first-order chi connectivity index (χ1) is 8.24. The van der Waals surface area contributed by atoms with E-state index in [-0.39, 0.29) is 5.75 Å². The maximum absolute atomic E-state index is 9.77. The monoisotopic (exact) mass is 237 g/mol. The van der Waals surface area contributed by atoms with Gasteiger partial charge < -0.3 is 19.9 Å². The summed E-state index contributed by atoms with van der Waals surface area (Å²) in [6, 6.07) is 3.66. The Kier molecular flexibility index (Phi) is 3.74. The van der Waals surface area contributed by atoms with Crippen molar-refractivity contribution in [1.29, 1.82) is 0 Å². The van der Waals surface area contributed by atoms with E-state index < -0.39 is 0 Å². The molecule has 0 heterocycles. The molecule has 1 aromatic carbocycles. The third-order valence-corrected chi connectivity index (χ3v) is 3.00. The van der Waals surface area contributed by atoms with Crippen LogP contribution in [0.4, 0.5) is 0 Å². The van der Waals surface area contributed by atoms with Gasteiger partial charge in [0.1, 0.15) is 0 Å². The largest absolute Gasteiger partial charge is 0.502 e. The first-order valence-corrected chi connectivity index (χ1v) is 5.89. The van der Waals surface area contributed by atoms with Crippen molar-refractivity contribution in [2.24, 2.45) is 5.92 Å². The van der Waals surface area contributed by atoms with E-state index in [1.807, 2.05) is 12.1 Å².